The van der Waals surface area contributed by atoms with Crippen molar-refractivity contribution in [3.8, 4) is 0 Å². The standard InChI is InChI=1S/C13H14BrFO2/c1-8-4-10(7-17-8)13(16)5-9-2-3-11(15)6-12(9)14/h2-3,6,8,10H,4-5,7H2,1H3. The third kappa shape index (κ3) is 3.13. The second kappa shape index (κ2) is 5.27. The van der Waals surface area contributed by atoms with Crippen LogP contribution >= 0.6 is 15.9 Å². The van der Waals surface area contributed by atoms with Gasteiger partial charge in [0, 0.05) is 16.8 Å². The van der Waals surface area contributed by atoms with Gasteiger partial charge in [0.2, 0.25) is 0 Å². The zero-order chi connectivity index (χ0) is 12.4. The average Bonchev–Trinajstić information content (AvgIpc) is 2.69. The summed E-state index contributed by atoms with van der Waals surface area (Å²) < 4.78 is 18.9. The Morgan fingerprint density at radius 3 is 2.94 bits per heavy atom. The summed E-state index contributed by atoms with van der Waals surface area (Å²) in [4.78, 5) is 12.0. The minimum Gasteiger partial charge on any atom is -0.378 e. The maximum atomic E-state index is 12.9. The van der Waals surface area contributed by atoms with Crippen LogP contribution in [-0.4, -0.2) is 18.5 Å². The van der Waals surface area contributed by atoms with Gasteiger partial charge in [-0.2, -0.15) is 0 Å². The van der Waals surface area contributed by atoms with Crippen molar-refractivity contribution in [2.75, 3.05) is 6.61 Å². The van der Waals surface area contributed by atoms with Crippen LogP contribution in [0.2, 0.25) is 0 Å². The number of benzene rings is 1. The second-order valence-electron chi connectivity index (χ2n) is 4.46. The van der Waals surface area contributed by atoms with E-state index in [-0.39, 0.29) is 23.6 Å². The minimum absolute atomic E-state index is 0.0121. The molecular formula is C13H14BrFO2. The molecule has 2 unspecified atom stereocenters. The lowest BCUT2D eigenvalue weighted by molar-refractivity contribution is -0.122. The van der Waals surface area contributed by atoms with Gasteiger partial charge in [0.15, 0.2) is 0 Å². The molecule has 92 valence electrons. The summed E-state index contributed by atoms with van der Waals surface area (Å²) in [5.41, 5.74) is 0.830. The topological polar surface area (TPSA) is 26.3 Å². The number of rotatable bonds is 3. The molecule has 0 amide bonds. The van der Waals surface area contributed by atoms with Gasteiger partial charge in [-0.3, -0.25) is 4.79 Å². The zero-order valence-electron chi connectivity index (χ0n) is 9.58. The van der Waals surface area contributed by atoms with Gasteiger partial charge in [0.1, 0.15) is 11.6 Å². The summed E-state index contributed by atoms with van der Waals surface area (Å²) in [5.74, 6) is -0.144. The molecule has 0 spiro atoms. The van der Waals surface area contributed by atoms with E-state index in [9.17, 15) is 9.18 Å². The zero-order valence-corrected chi connectivity index (χ0v) is 11.2. The average molecular weight is 301 g/mol. The largest absolute Gasteiger partial charge is 0.378 e. The summed E-state index contributed by atoms with van der Waals surface area (Å²) in [6, 6.07) is 4.41. The van der Waals surface area contributed by atoms with Crippen molar-refractivity contribution in [1.82, 2.24) is 0 Å². The van der Waals surface area contributed by atoms with Crippen molar-refractivity contribution in [2.24, 2.45) is 5.92 Å². The fraction of sp³-hybridized carbons (Fsp3) is 0.462. The first-order valence-corrected chi connectivity index (χ1v) is 6.44. The smallest absolute Gasteiger partial charge is 0.142 e. The van der Waals surface area contributed by atoms with E-state index in [1.165, 1.54) is 12.1 Å². The third-order valence-electron chi connectivity index (χ3n) is 3.03. The van der Waals surface area contributed by atoms with E-state index in [4.69, 9.17) is 4.74 Å². The first-order valence-electron chi connectivity index (χ1n) is 5.64. The molecule has 1 aliphatic rings. The van der Waals surface area contributed by atoms with Crippen molar-refractivity contribution in [2.45, 2.75) is 25.9 Å². The number of Topliss-reactive ketones (excluding diaryl/α,β-unsaturated/α-hetero) is 1. The van der Waals surface area contributed by atoms with E-state index >= 15 is 0 Å². The lowest BCUT2D eigenvalue weighted by Gasteiger charge is -2.08. The summed E-state index contributed by atoms with van der Waals surface area (Å²) in [6.07, 6.45) is 1.29. The number of carbonyl (C=O) groups is 1. The Morgan fingerprint density at radius 2 is 2.35 bits per heavy atom. The molecule has 0 aliphatic carbocycles. The van der Waals surface area contributed by atoms with Crippen molar-refractivity contribution in [1.29, 1.82) is 0 Å². The van der Waals surface area contributed by atoms with Gasteiger partial charge in [0.05, 0.1) is 12.7 Å². The molecule has 1 aliphatic heterocycles. The van der Waals surface area contributed by atoms with Gasteiger partial charge in [-0.05, 0) is 31.0 Å². The molecule has 1 heterocycles. The maximum Gasteiger partial charge on any atom is 0.142 e. The van der Waals surface area contributed by atoms with Crippen LogP contribution in [0.5, 0.6) is 0 Å². The van der Waals surface area contributed by atoms with E-state index in [1.54, 1.807) is 6.07 Å². The molecule has 0 aromatic heterocycles. The van der Waals surface area contributed by atoms with Gasteiger partial charge < -0.3 is 4.74 Å². The second-order valence-corrected chi connectivity index (χ2v) is 5.31. The molecule has 0 bridgehead atoms. The van der Waals surface area contributed by atoms with Gasteiger partial charge in [-0.1, -0.05) is 22.0 Å². The molecule has 2 rings (SSSR count). The molecule has 4 heteroatoms. The van der Waals surface area contributed by atoms with Crippen LogP contribution in [-0.2, 0) is 16.0 Å². The van der Waals surface area contributed by atoms with E-state index in [2.05, 4.69) is 15.9 Å². The molecular weight excluding hydrogens is 287 g/mol. The molecule has 1 saturated heterocycles. The molecule has 0 radical (unpaired) electrons. The summed E-state index contributed by atoms with van der Waals surface area (Å²) >= 11 is 3.27. The van der Waals surface area contributed by atoms with E-state index < -0.39 is 0 Å². The van der Waals surface area contributed by atoms with Gasteiger partial charge in [-0.15, -0.1) is 0 Å². The van der Waals surface area contributed by atoms with Gasteiger partial charge >= 0.3 is 0 Å². The Hall–Kier alpha value is -0.740. The first-order chi connectivity index (χ1) is 8.06. The van der Waals surface area contributed by atoms with Crippen LogP contribution < -0.4 is 0 Å². The summed E-state index contributed by atoms with van der Waals surface area (Å²) in [7, 11) is 0. The Morgan fingerprint density at radius 1 is 1.59 bits per heavy atom. The van der Waals surface area contributed by atoms with Gasteiger partial charge in [-0.25, -0.2) is 4.39 Å². The van der Waals surface area contributed by atoms with Crippen LogP contribution in [0.3, 0.4) is 0 Å². The molecule has 1 fully saturated rings. The number of hydrogen-bond acceptors (Lipinski definition) is 2. The number of ketones is 1. The highest BCUT2D eigenvalue weighted by atomic mass is 79.9. The maximum absolute atomic E-state index is 12.9. The normalized spacial score (nSPS) is 23.9. The van der Waals surface area contributed by atoms with Crippen LogP contribution in [0.15, 0.2) is 22.7 Å². The molecule has 2 atom stereocenters. The highest BCUT2D eigenvalue weighted by Gasteiger charge is 2.28. The molecule has 0 N–H and O–H groups in total. The van der Waals surface area contributed by atoms with Crippen LogP contribution in [0.4, 0.5) is 4.39 Å². The number of ether oxygens (including phenoxy) is 1. The van der Waals surface area contributed by atoms with Crippen LogP contribution in [0.1, 0.15) is 18.9 Å². The van der Waals surface area contributed by atoms with E-state index in [1.807, 2.05) is 6.92 Å². The Kier molecular flexibility index (Phi) is 3.94. The fourth-order valence-corrected chi connectivity index (χ4v) is 2.53. The lowest BCUT2D eigenvalue weighted by atomic mass is 9.96. The van der Waals surface area contributed by atoms with Gasteiger partial charge in [0.25, 0.3) is 0 Å². The Balaban J connectivity index is 2.03. The van der Waals surface area contributed by atoms with E-state index in [0.29, 0.717) is 17.5 Å². The first kappa shape index (κ1) is 12.7. The quantitative estimate of drug-likeness (QED) is 0.857. The van der Waals surface area contributed by atoms with E-state index in [0.717, 1.165) is 12.0 Å². The molecule has 2 nitrogen and oxygen atoms in total. The highest BCUT2D eigenvalue weighted by molar-refractivity contribution is 9.10. The van der Waals surface area contributed by atoms with Crippen molar-refractivity contribution in [3.05, 3.63) is 34.1 Å². The number of hydrogen-bond donors (Lipinski definition) is 0. The lowest BCUT2D eigenvalue weighted by Crippen LogP contribution is -2.17. The molecule has 0 saturated carbocycles. The summed E-state index contributed by atoms with van der Waals surface area (Å²) in [5, 5.41) is 0. The predicted molar refractivity (Wildman–Crippen MR) is 66.3 cm³/mol. The Bertz CT molecular complexity index is 433. The predicted octanol–water partition coefficient (Wildman–Crippen LogP) is 3.12. The number of carbonyl (C=O) groups excluding carboxylic acids is 1. The summed E-state index contributed by atoms with van der Waals surface area (Å²) in [6.45, 7) is 2.49. The third-order valence-corrected chi connectivity index (χ3v) is 3.77. The minimum atomic E-state index is -0.300. The van der Waals surface area contributed by atoms with Crippen molar-refractivity contribution in [3.63, 3.8) is 0 Å². The molecule has 17 heavy (non-hydrogen) atoms. The number of halogens is 2. The Labute approximate surface area is 108 Å². The monoisotopic (exact) mass is 300 g/mol. The van der Waals surface area contributed by atoms with Crippen molar-refractivity contribution < 1.29 is 13.9 Å². The fourth-order valence-electron chi connectivity index (χ4n) is 2.04. The van der Waals surface area contributed by atoms with Crippen molar-refractivity contribution >= 4 is 21.7 Å². The van der Waals surface area contributed by atoms with Crippen LogP contribution in [0, 0.1) is 11.7 Å². The highest BCUT2D eigenvalue weighted by Crippen LogP contribution is 2.24. The van der Waals surface area contributed by atoms with Crippen LogP contribution in [0.25, 0.3) is 0 Å². The molecule has 1 aromatic rings. The SMILES string of the molecule is CC1CC(C(=O)Cc2ccc(F)cc2Br)CO1. The molecule has 1 aromatic carbocycles.